The van der Waals surface area contributed by atoms with Crippen LogP contribution < -0.4 is 0 Å². The molecule has 0 aromatic heterocycles. The van der Waals surface area contributed by atoms with Crippen LogP contribution in [0.5, 0.6) is 0 Å². The number of aryl methyl sites for hydroxylation is 1. The van der Waals surface area contributed by atoms with Crippen LogP contribution in [0.15, 0.2) is 29.4 Å². The van der Waals surface area contributed by atoms with Crippen LogP contribution in [0.2, 0.25) is 0 Å². The molecular formula is C12H12BrNO. The molecule has 0 amide bonds. The summed E-state index contributed by atoms with van der Waals surface area (Å²) in [6, 6.07) is 8.57. The summed E-state index contributed by atoms with van der Waals surface area (Å²) in [5.41, 5.74) is 2.64. The van der Waals surface area contributed by atoms with Gasteiger partial charge in [0.15, 0.2) is 0 Å². The van der Waals surface area contributed by atoms with Gasteiger partial charge in [-0.25, -0.2) is 0 Å². The number of oxime groups is 1. The van der Waals surface area contributed by atoms with E-state index >= 15 is 0 Å². The topological polar surface area (TPSA) is 21.6 Å². The van der Waals surface area contributed by atoms with Crippen molar-refractivity contribution in [3.05, 3.63) is 35.4 Å². The predicted molar refractivity (Wildman–Crippen MR) is 63.4 cm³/mol. The van der Waals surface area contributed by atoms with Gasteiger partial charge in [-0.15, -0.1) is 0 Å². The van der Waals surface area contributed by atoms with Gasteiger partial charge in [-0.1, -0.05) is 29.4 Å². The number of rotatable bonds is 0. The molecule has 1 aliphatic heterocycles. The Hall–Kier alpha value is -0.830. The summed E-state index contributed by atoms with van der Waals surface area (Å²) >= 11 is 3.51. The van der Waals surface area contributed by atoms with E-state index in [0.29, 0.717) is 0 Å². The van der Waals surface area contributed by atoms with E-state index in [1.54, 1.807) is 0 Å². The average molecular weight is 266 g/mol. The van der Waals surface area contributed by atoms with Crippen LogP contribution in [-0.4, -0.2) is 10.2 Å². The maximum absolute atomic E-state index is 5.55. The lowest BCUT2D eigenvalue weighted by Crippen LogP contribution is -2.37. The average Bonchev–Trinajstić information content (AvgIpc) is 2.56. The fraction of sp³-hybridized carbons (Fsp3) is 0.417. The fourth-order valence-corrected chi connectivity index (χ4v) is 3.38. The lowest BCUT2D eigenvalue weighted by atomic mass is 9.74. The van der Waals surface area contributed by atoms with Crippen molar-refractivity contribution in [3.8, 4) is 0 Å². The molecule has 1 aliphatic carbocycles. The minimum atomic E-state index is -0.146. The van der Waals surface area contributed by atoms with Crippen molar-refractivity contribution in [2.24, 2.45) is 5.16 Å². The lowest BCUT2D eigenvalue weighted by molar-refractivity contribution is -0.0238. The highest BCUT2D eigenvalue weighted by atomic mass is 79.9. The molecule has 2 unspecified atom stereocenters. The van der Waals surface area contributed by atoms with Crippen LogP contribution in [-0.2, 0) is 11.3 Å². The molecule has 15 heavy (non-hydrogen) atoms. The molecule has 3 heteroatoms. The molecule has 2 atom stereocenters. The van der Waals surface area contributed by atoms with Gasteiger partial charge in [0.2, 0.25) is 0 Å². The van der Waals surface area contributed by atoms with Crippen LogP contribution in [0.1, 0.15) is 30.4 Å². The van der Waals surface area contributed by atoms with Crippen molar-refractivity contribution in [3.63, 3.8) is 0 Å². The normalized spacial score (nSPS) is 32.7. The number of benzene rings is 1. The number of hydrogen-bond donors (Lipinski definition) is 0. The number of fused-ring (bicyclic) bond motifs is 3. The molecule has 1 aromatic rings. The van der Waals surface area contributed by atoms with Gasteiger partial charge in [0, 0.05) is 0 Å². The zero-order valence-electron chi connectivity index (χ0n) is 8.53. The van der Waals surface area contributed by atoms with E-state index in [2.05, 4.69) is 52.3 Å². The molecule has 2 aliphatic rings. The lowest BCUT2D eigenvalue weighted by Gasteiger charge is -2.34. The van der Waals surface area contributed by atoms with Gasteiger partial charge in [0.1, 0.15) is 10.2 Å². The van der Waals surface area contributed by atoms with Crippen LogP contribution in [0, 0.1) is 0 Å². The fourth-order valence-electron chi connectivity index (χ4n) is 2.58. The largest absolute Gasteiger partial charge is 0.388 e. The molecule has 78 valence electrons. The van der Waals surface area contributed by atoms with Gasteiger partial charge in [0.25, 0.3) is 0 Å². The molecule has 1 heterocycles. The SMILES string of the molecule is CC12CCc3ccccc3C1C(Br)=NO2. The van der Waals surface area contributed by atoms with Crippen molar-refractivity contribution >= 4 is 20.6 Å². The van der Waals surface area contributed by atoms with E-state index in [1.807, 2.05) is 0 Å². The Morgan fingerprint density at radius 3 is 3.13 bits per heavy atom. The zero-order valence-corrected chi connectivity index (χ0v) is 10.1. The highest BCUT2D eigenvalue weighted by Gasteiger charge is 2.48. The smallest absolute Gasteiger partial charge is 0.148 e. The van der Waals surface area contributed by atoms with Crippen LogP contribution >= 0.6 is 15.9 Å². The van der Waals surface area contributed by atoms with Gasteiger partial charge < -0.3 is 4.84 Å². The molecule has 0 bridgehead atoms. The standard InChI is InChI=1S/C12H12BrNO/c1-12-7-6-8-4-2-3-5-9(8)10(12)11(13)14-15-12/h2-5,10H,6-7H2,1H3. The first-order chi connectivity index (χ1) is 7.21. The summed E-state index contributed by atoms with van der Waals surface area (Å²) in [5.74, 6) is 0.280. The Kier molecular flexibility index (Phi) is 1.93. The predicted octanol–water partition coefficient (Wildman–Crippen LogP) is 3.21. The van der Waals surface area contributed by atoms with E-state index in [-0.39, 0.29) is 11.5 Å². The highest BCUT2D eigenvalue weighted by molar-refractivity contribution is 9.18. The highest BCUT2D eigenvalue weighted by Crippen LogP contribution is 2.47. The minimum Gasteiger partial charge on any atom is -0.388 e. The van der Waals surface area contributed by atoms with Crippen LogP contribution in [0.4, 0.5) is 0 Å². The van der Waals surface area contributed by atoms with E-state index < -0.39 is 0 Å². The molecular weight excluding hydrogens is 254 g/mol. The number of hydrogen-bond acceptors (Lipinski definition) is 2. The first-order valence-electron chi connectivity index (χ1n) is 5.20. The van der Waals surface area contributed by atoms with Crippen LogP contribution in [0.25, 0.3) is 0 Å². The van der Waals surface area contributed by atoms with Gasteiger partial charge in [-0.2, -0.15) is 0 Å². The maximum atomic E-state index is 5.55. The number of halogens is 1. The zero-order chi connectivity index (χ0) is 10.5. The minimum absolute atomic E-state index is 0.146. The molecule has 0 N–H and O–H groups in total. The van der Waals surface area contributed by atoms with E-state index in [0.717, 1.165) is 17.5 Å². The molecule has 3 rings (SSSR count). The quantitative estimate of drug-likeness (QED) is 0.706. The third kappa shape index (κ3) is 1.26. The van der Waals surface area contributed by atoms with Crippen LogP contribution in [0.3, 0.4) is 0 Å². The van der Waals surface area contributed by atoms with Gasteiger partial charge >= 0.3 is 0 Å². The summed E-state index contributed by atoms with van der Waals surface area (Å²) < 4.78 is 0.928. The van der Waals surface area contributed by atoms with E-state index in [4.69, 9.17) is 4.84 Å². The molecule has 1 aromatic carbocycles. The Morgan fingerprint density at radius 2 is 2.27 bits per heavy atom. The van der Waals surface area contributed by atoms with E-state index in [9.17, 15) is 0 Å². The second-order valence-electron chi connectivity index (χ2n) is 4.45. The summed E-state index contributed by atoms with van der Waals surface area (Å²) in [6.45, 7) is 2.14. The van der Waals surface area contributed by atoms with Gasteiger partial charge in [-0.05, 0) is 46.8 Å². The van der Waals surface area contributed by atoms with Crippen molar-refractivity contribution < 1.29 is 4.84 Å². The first kappa shape index (κ1) is 9.40. The first-order valence-corrected chi connectivity index (χ1v) is 5.99. The van der Waals surface area contributed by atoms with E-state index in [1.165, 1.54) is 11.1 Å². The molecule has 0 spiro atoms. The molecule has 0 radical (unpaired) electrons. The summed E-state index contributed by atoms with van der Waals surface area (Å²) in [5, 5.41) is 4.08. The number of nitrogens with zero attached hydrogens (tertiary/aromatic N) is 1. The summed E-state index contributed by atoms with van der Waals surface area (Å²) in [4.78, 5) is 5.55. The van der Waals surface area contributed by atoms with Gasteiger partial charge in [-0.3, -0.25) is 0 Å². The Labute approximate surface area is 97.4 Å². The van der Waals surface area contributed by atoms with Gasteiger partial charge in [0.05, 0.1) is 5.92 Å². The molecule has 0 fully saturated rings. The summed E-state index contributed by atoms with van der Waals surface area (Å²) in [7, 11) is 0. The van der Waals surface area contributed by atoms with Crippen molar-refractivity contribution in [2.45, 2.75) is 31.3 Å². The second kappa shape index (κ2) is 3.08. The Balaban J connectivity index is 2.16. The summed E-state index contributed by atoms with van der Waals surface area (Å²) in [6.07, 6.45) is 2.12. The molecule has 2 nitrogen and oxygen atoms in total. The molecule has 0 saturated heterocycles. The third-order valence-corrected chi connectivity index (χ3v) is 4.05. The Morgan fingerprint density at radius 1 is 1.47 bits per heavy atom. The van der Waals surface area contributed by atoms with Crippen molar-refractivity contribution in [1.82, 2.24) is 0 Å². The second-order valence-corrected chi connectivity index (χ2v) is 5.26. The maximum Gasteiger partial charge on any atom is 0.148 e. The molecule has 0 saturated carbocycles. The van der Waals surface area contributed by atoms with Crippen molar-refractivity contribution in [1.29, 1.82) is 0 Å². The monoisotopic (exact) mass is 265 g/mol. The third-order valence-electron chi connectivity index (χ3n) is 3.45. The van der Waals surface area contributed by atoms with Crippen molar-refractivity contribution in [2.75, 3.05) is 0 Å². The Bertz CT molecular complexity index is 443.